The molecule has 2 aliphatic heterocycles. The Morgan fingerprint density at radius 2 is 2.29 bits per heavy atom. The van der Waals surface area contributed by atoms with Gasteiger partial charge < -0.3 is 10.5 Å². The van der Waals surface area contributed by atoms with Gasteiger partial charge in [-0.25, -0.2) is 0 Å². The Bertz CT molecular complexity index is 184. The predicted octanol–water partition coefficient (Wildman–Crippen LogP) is 0.836. The first-order valence-electron chi connectivity index (χ1n) is 5.81. The number of rotatable bonds is 5. The molecule has 2 aliphatic rings. The molecule has 2 fully saturated rings. The van der Waals surface area contributed by atoms with Crippen LogP contribution in [0.1, 0.15) is 26.2 Å². The van der Waals surface area contributed by atoms with E-state index < -0.39 is 0 Å². The molecule has 2 saturated heterocycles. The highest BCUT2D eigenvalue weighted by Gasteiger charge is 2.38. The maximum atomic E-state index is 5.68. The minimum Gasteiger partial charge on any atom is -0.380 e. The molecule has 2 heterocycles. The van der Waals surface area contributed by atoms with Crippen molar-refractivity contribution < 1.29 is 4.74 Å². The van der Waals surface area contributed by atoms with Gasteiger partial charge in [-0.2, -0.15) is 0 Å². The van der Waals surface area contributed by atoms with E-state index >= 15 is 0 Å². The van der Waals surface area contributed by atoms with Gasteiger partial charge in [0.05, 0.1) is 13.2 Å². The highest BCUT2D eigenvalue weighted by Crippen LogP contribution is 2.35. The van der Waals surface area contributed by atoms with Crippen LogP contribution in [-0.2, 0) is 4.74 Å². The highest BCUT2D eigenvalue weighted by atomic mass is 16.5. The quantitative estimate of drug-likeness (QED) is 0.711. The number of likely N-dealkylation sites (tertiary alicyclic amines) is 1. The van der Waals surface area contributed by atoms with Crippen LogP contribution in [0.5, 0.6) is 0 Å². The van der Waals surface area contributed by atoms with E-state index in [9.17, 15) is 0 Å². The molecule has 0 saturated carbocycles. The summed E-state index contributed by atoms with van der Waals surface area (Å²) in [5, 5.41) is 0. The van der Waals surface area contributed by atoms with Gasteiger partial charge in [0, 0.05) is 24.5 Å². The molecule has 2 rings (SSSR count). The summed E-state index contributed by atoms with van der Waals surface area (Å²) in [6.45, 7) is 7.53. The summed E-state index contributed by atoms with van der Waals surface area (Å²) < 4.78 is 5.32. The van der Waals surface area contributed by atoms with E-state index in [0.717, 1.165) is 19.8 Å². The molecule has 0 aromatic rings. The molecule has 0 radical (unpaired) electrons. The van der Waals surface area contributed by atoms with Crippen LogP contribution in [0.3, 0.4) is 0 Å². The second-order valence-electron chi connectivity index (χ2n) is 4.81. The maximum absolute atomic E-state index is 5.68. The van der Waals surface area contributed by atoms with Gasteiger partial charge in [0.2, 0.25) is 0 Å². The summed E-state index contributed by atoms with van der Waals surface area (Å²) in [4.78, 5) is 2.52. The van der Waals surface area contributed by atoms with Gasteiger partial charge in [-0.1, -0.05) is 6.92 Å². The Morgan fingerprint density at radius 1 is 1.50 bits per heavy atom. The molecule has 3 nitrogen and oxygen atoms in total. The van der Waals surface area contributed by atoms with Crippen LogP contribution in [-0.4, -0.2) is 43.8 Å². The molecule has 14 heavy (non-hydrogen) atoms. The fourth-order valence-electron chi connectivity index (χ4n) is 2.35. The smallest absolute Gasteiger partial charge is 0.0545 e. The summed E-state index contributed by atoms with van der Waals surface area (Å²) in [6.07, 6.45) is 3.85. The lowest BCUT2D eigenvalue weighted by atomic mass is 9.79. The minimum absolute atomic E-state index is 0.509. The second kappa shape index (κ2) is 4.17. The number of hydrogen-bond acceptors (Lipinski definition) is 3. The van der Waals surface area contributed by atoms with Crippen LogP contribution in [0.25, 0.3) is 0 Å². The van der Waals surface area contributed by atoms with Gasteiger partial charge in [-0.05, 0) is 25.8 Å². The third-order valence-electron chi connectivity index (χ3n) is 4.03. The van der Waals surface area contributed by atoms with Crippen LogP contribution >= 0.6 is 0 Å². The van der Waals surface area contributed by atoms with Gasteiger partial charge in [0.15, 0.2) is 0 Å². The van der Waals surface area contributed by atoms with Crippen LogP contribution in [0.4, 0.5) is 0 Å². The Labute approximate surface area is 86.6 Å². The standard InChI is InChI=1S/C11H22N2O/c1-2-11(8-14-9-11)4-6-13-5-3-10(13)7-12/h10H,2-9,12H2,1H3. The molecule has 3 heteroatoms. The molecule has 1 unspecified atom stereocenters. The first-order chi connectivity index (χ1) is 6.79. The van der Waals surface area contributed by atoms with Crippen molar-refractivity contribution in [2.24, 2.45) is 11.1 Å². The van der Waals surface area contributed by atoms with Gasteiger partial charge in [-0.3, -0.25) is 4.90 Å². The molecule has 82 valence electrons. The number of ether oxygens (including phenoxy) is 1. The number of hydrogen-bond donors (Lipinski definition) is 1. The molecular formula is C11H22N2O. The number of nitrogens with zero attached hydrogens (tertiary/aromatic N) is 1. The van der Waals surface area contributed by atoms with Crippen molar-refractivity contribution in [3.05, 3.63) is 0 Å². The lowest BCUT2D eigenvalue weighted by Gasteiger charge is -2.46. The largest absolute Gasteiger partial charge is 0.380 e. The van der Waals surface area contributed by atoms with Crippen molar-refractivity contribution in [3.63, 3.8) is 0 Å². The van der Waals surface area contributed by atoms with Crippen molar-refractivity contribution in [3.8, 4) is 0 Å². The molecule has 0 aromatic heterocycles. The van der Waals surface area contributed by atoms with Crippen molar-refractivity contribution in [1.82, 2.24) is 4.90 Å². The molecule has 0 spiro atoms. The third-order valence-corrected chi connectivity index (χ3v) is 4.03. The third kappa shape index (κ3) is 1.81. The first-order valence-corrected chi connectivity index (χ1v) is 5.81. The van der Waals surface area contributed by atoms with Crippen molar-refractivity contribution in [2.75, 3.05) is 32.8 Å². The van der Waals surface area contributed by atoms with E-state index in [1.807, 2.05) is 0 Å². The molecular weight excluding hydrogens is 176 g/mol. The normalized spacial score (nSPS) is 30.9. The molecule has 0 amide bonds. The number of nitrogens with two attached hydrogens (primary N) is 1. The first kappa shape index (κ1) is 10.4. The molecule has 1 atom stereocenters. The topological polar surface area (TPSA) is 38.5 Å². The van der Waals surface area contributed by atoms with Crippen LogP contribution < -0.4 is 5.73 Å². The van der Waals surface area contributed by atoms with Crippen molar-refractivity contribution in [2.45, 2.75) is 32.2 Å². The van der Waals surface area contributed by atoms with E-state index in [4.69, 9.17) is 10.5 Å². The maximum Gasteiger partial charge on any atom is 0.0545 e. The Morgan fingerprint density at radius 3 is 2.64 bits per heavy atom. The van der Waals surface area contributed by atoms with Gasteiger partial charge >= 0.3 is 0 Å². The zero-order valence-corrected chi connectivity index (χ0v) is 9.17. The Balaban J connectivity index is 1.71. The molecule has 0 bridgehead atoms. The van der Waals surface area contributed by atoms with E-state index in [1.165, 1.54) is 32.4 Å². The van der Waals surface area contributed by atoms with Crippen molar-refractivity contribution >= 4 is 0 Å². The summed E-state index contributed by atoms with van der Waals surface area (Å²) in [5.74, 6) is 0. The Kier molecular flexibility index (Phi) is 3.10. The molecule has 2 N–H and O–H groups in total. The fraction of sp³-hybridized carbons (Fsp3) is 1.00. The van der Waals surface area contributed by atoms with Crippen LogP contribution in [0.15, 0.2) is 0 Å². The van der Waals surface area contributed by atoms with E-state index in [2.05, 4.69) is 11.8 Å². The zero-order valence-electron chi connectivity index (χ0n) is 9.17. The second-order valence-corrected chi connectivity index (χ2v) is 4.81. The monoisotopic (exact) mass is 198 g/mol. The summed E-state index contributed by atoms with van der Waals surface area (Å²) in [6, 6.07) is 0.671. The van der Waals surface area contributed by atoms with Gasteiger partial charge in [0.1, 0.15) is 0 Å². The lowest BCUT2D eigenvalue weighted by molar-refractivity contribution is -0.125. The molecule has 0 aromatic carbocycles. The van der Waals surface area contributed by atoms with Gasteiger partial charge in [-0.15, -0.1) is 0 Å². The summed E-state index contributed by atoms with van der Waals surface area (Å²) >= 11 is 0. The SMILES string of the molecule is CCC1(CCN2CCC2CN)COC1. The van der Waals surface area contributed by atoms with Gasteiger partial charge in [0.25, 0.3) is 0 Å². The minimum atomic E-state index is 0.509. The average Bonchev–Trinajstić information content (AvgIpc) is 2.08. The predicted molar refractivity (Wildman–Crippen MR) is 57.2 cm³/mol. The van der Waals surface area contributed by atoms with Crippen LogP contribution in [0.2, 0.25) is 0 Å². The van der Waals surface area contributed by atoms with Crippen LogP contribution in [0, 0.1) is 5.41 Å². The summed E-state index contributed by atoms with van der Waals surface area (Å²) in [7, 11) is 0. The fourth-order valence-corrected chi connectivity index (χ4v) is 2.35. The summed E-state index contributed by atoms with van der Waals surface area (Å²) in [5.41, 5.74) is 6.18. The average molecular weight is 198 g/mol. The van der Waals surface area contributed by atoms with E-state index in [-0.39, 0.29) is 0 Å². The highest BCUT2D eigenvalue weighted by molar-refractivity contribution is 4.89. The zero-order chi connectivity index (χ0) is 10.0. The lowest BCUT2D eigenvalue weighted by Crippen LogP contribution is -2.54. The molecule has 0 aliphatic carbocycles. The van der Waals surface area contributed by atoms with E-state index in [0.29, 0.717) is 11.5 Å². The van der Waals surface area contributed by atoms with E-state index in [1.54, 1.807) is 0 Å². The Hall–Kier alpha value is -0.120. The van der Waals surface area contributed by atoms with Crippen molar-refractivity contribution in [1.29, 1.82) is 0 Å².